The Bertz CT molecular complexity index is 258. The van der Waals surface area contributed by atoms with Crippen LogP contribution in [0.25, 0.3) is 0 Å². The molecular formula is C7H8BrNO4. The van der Waals surface area contributed by atoms with Crippen LogP contribution in [0.3, 0.4) is 0 Å². The second kappa shape index (κ2) is 6.38. The summed E-state index contributed by atoms with van der Waals surface area (Å²) in [6.07, 6.45) is 0. The maximum atomic E-state index is 8.61. The Hall–Kier alpha value is -1.14. The van der Waals surface area contributed by atoms with Gasteiger partial charge in [0.15, 0.2) is 0 Å². The summed E-state index contributed by atoms with van der Waals surface area (Å²) in [7, 11) is 0. The largest absolute Gasteiger partial charge is 0.392 e. The first kappa shape index (κ1) is 11.9. The Morgan fingerprint density at radius 3 is 2.08 bits per heavy atom. The van der Waals surface area contributed by atoms with E-state index in [4.69, 9.17) is 20.4 Å². The van der Waals surface area contributed by atoms with Gasteiger partial charge in [-0.05, 0) is 17.7 Å². The third kappa shape index (κ3) is 7.23. The van der Waals surface area contributed by atoms with E-state index in [0.29, 0.717) is 0 Å². The fourth-order valence-corrected chi connectivity index (χ4v) is 0.854. The molecule has 1 aromatic rings. The fraction of sp³-hybridized carbons (Fsp3) is 0.143. The predicted molar refractivity (Wildman–Crippen MR) is 48.8 cm³/mol. The zero-order valence-electron chi connectivity index (χ0n) is 6.55. The van der Waals surface area contributed by atoms with Crippen LogP contribution < -0.4 is 0 Å². The molecule has 0 bridgehead atoms. The smallest absolute Gasteiger partial charge is 0.291 e. The summed E-state index contributed by atoms with van der Waals surface area (Å²) in [5.41, 5.74) is 0.943. The summed E-state index contributed by atoms with van der Waals surface area (Å²) in [6.45, 7) is 0.118. The molecule has 0 spiro atoms. The van der Waals surface area contributed by atoms with Crippen molar-refractivity contribution in [1.82, 2.24) is 0 Å². The van der Waals surface area contributed by atoms with Crippen LogP contribution in [-0.4, -0.2) is 15.4 Å². The summed E-state index contributed by atoms with van der Waals surface area (Å²) in [4.78, 5) is 8.36. The average molecular weight is 250 g/mol. The summed E-state index contributed by atoms with van der Waals surface area (Å²) >= 11 is 3.29. The molecule has 2 N–H and O–H groups in total. The topological polar surface area (TPSA) is 83.6 Å². The van der Waals surface area contributed by atoms with E-state index >= 15 is 0 Å². The third-order valence-corrected chi connectivity index (χ3v) is 1.62. The molecule has 1 aromatic carbocycles. The van der Waals surface area contributed by atoms with Crippen molar-refractivity contribution >= 4 is 15.9 Å². The van der Waals surface area contributed by atoms with Crippen LogP contribution in [0.5, 0.6) is 0 Å². The Morgan fingerprint density at radius 1 is 1.38 bits per heavy atom. The van der Waals surface area contributed by atoms with Crippen molar-refractivity contribution in [2.24, 2.45) is 0 Å². The lowest BCUT2D eigenvalue weighted by Gasteiger charge is -1.92. The number of nitrogens with zero attached hydrogens (tertiary/aromatic N) is 1. The van der Waals surface area contributed by atoms with Crippen LogP contribution >= 0.6 is 15.9 Å². The zero-order chi connectivity index (χ0) is 10.3. The second-order valence-electron chi connectivity index (χ2n) is 2.02. The second-order valence-corrected chi connectivity index (χ2v) is 2.94. The minimum atomic E-state index is -1.50. The van der Waals surface area contributed by atoms with Crippen LogP contribution in [0.4, 0.5) is 0 Å². The summed E-state index contributed by atoms with van der Waals surface area (Å²) in [6, 6.07) is 7.57. The number of hydrogen-bond donors (Lipinski definition) is 2. The molecule has 0 aliphatic carbocycles. The Morgan fingerprint density at radius 2 is 1.77 bits per heavy atom. The minimum Gasteiger partial charge on any atom is -0.392 e. The van der Waals surface area contributed by atoms with Gasteiger partial charge in [0.25, 0.3) is 5.09 Å². The van der Waals surface area contributed by atoms with Gasteiger partial charge < -0.3 is 10.3 Å². The molecule has 0 aliphatic rings. The van der Waals surface area contributed by atoms with Gasteiger partial charge in [0.2, 0.25) is 0 Å². The highest BCUT2D eigenvalue weighted by molar-refractivity contribution is 9.10. The number of aliphatic hydroxyl groups is 1. The van der Waals surface area contributed by atoms with E-state index in [-0.39, 0.29) is 6.61 Å². The molecule has 0 heterocycles. The van der Waals surface area contributed by atoms with E-state index in [1.807, 2.05) is 24.3 Å². The number of halogens is 1. The molecule has 1 rings (SSSR count). The monoisotopic (exact) mass is 249 g/mol. The lowest BCUT2D eigenvalue weighted by molar-refractivity contribution is -0.742. The Balaban J connectivity index is 0.000000310. The zero-order valence-corrected chi connectivity index (χ0v) is 8.14. The van der Waals surface area contributed by atoms with Gasteiger partial charge in [0, 0.05) is 4.47 Å². The van der Waals surface area contributed by atoms with Gasteiger partial charge in [-0.1, -0.05) is 28.1 Å². The normalized spacial score (nSPS) is 8.46. The quantitative estimate of drug-likeness (QED) is 0.585. The number of aliphatic hydroxyl groups excluding tert-OH is 1. The van der Waals surface area contributed by atoms with Crippen LogP contribution in [-0.2, 0) is 6.61 Å². The van der Waals surface area contributed by atoms with E-state index < -0.39 is 5.09 Å². The van der Waals surface area contributed by atoms with Crippen molar-refractivity contribution in [2.75, 3.05) is 0 Å². The van der Waals surface area contributed by atoms with Crippen molar-refractivity contribution < 1.29 is 15.4 Å². The summed E-state index contributed by atoms with van der Waals surface area (Å²) < 4.78 is 1.04. The van der Waals surface area contributed by atoms with E-state index in [9.17, 15) is 0 Å². The van der Waals surface area contributed by atoms with Gasteiger partial charge >= 0.3 is 0 Å². The molecule has 0 saturated heterocycles. The fourth-order valence-electron chi connectivity index (χ4n) is 0.590. The SMILES string of the molecule is O=[N+]([O-])O.OCc1ccc(Br)cc1. The van der Waals surface area contributed by atoms with Crippen molar-refractivity contribution in [1.29, 1.82) is 0 Å². The molecule has 0 radical (unpaired) electrons. The van der Waals surface area contributed by atoms with Crippen LogP contribution in [0.2, 0.25) is 0 Å². The van der Waals surface area contributed by atoms with Crippen molar-refractivity contribution in [3.05, 3.63) is 44.4 Å². The average Bonchev–Trinajstić information content (AvgIpc) is 2.05. The minimum absolute atomic E-state index is 0.118. The van der Waals surface area contributed by atoms with Gasteiger partial charge in [-0.3, -0.25) is 0 Å². The van der Waals surface area contributed by atoms with E-state index in [2.05, 4.69) is 15.9 Å². The van der Waals surface area contributed by atoms with Crippen molar-refractivity contribution in [3.8, 4) is 0 Å². The first-order chi connectivity index (χ1) is 6.06. The van der Waals surface area contributed by atoms with Crippen LogP contribution in [0, 0.1) is 10.1 Å². The standard InChI is InChI=1S/C7H7BrO.HNO3/c8-7-3-1-6(5-9)2-4-7;2-1(3)4/h1-4,9H,5H2;(H,2,3,4). The van der Waals surface area contributed by atoms with Gasteiger partial charge in [0.1, 0.15) is 0 Å². The van der Waals surface area contributed by atoms with Crippen molar-refractivity contribution in [3.63, 3.8) is 0 Å². The lowest BCUT2D eigenvalue weighted by Crippen LogP contribution is -1.81. The number of hydrogen-bond acceptors (Lipinski definition) is 3. The summed E-state index contributed by atoms with van der Waals surface area (Å²) in [5, 5.41) is 22.3. The van der Waals surface area contributed by atoms with E-state index in [1.165, 1.54) is 0 Å². The molecule has 0 amide bonds. The molecule has 0 aromatic heterocycles. The molecule has 0 unspecified atom stereocenters. The third-order valence-electron chi connectivity index (χ3n) is 1.10. The molecule has 0 saturated carbocycles. The predicted octanol–water partition coefficient (Wildman–Crippen LogP) is 1.59. The number of benzene rings is 1. The first-order valence-electron chi connectivity index (χ1n) is 3.25. The number of rotatable bonds is 1. The maximum Gasteiger partial charge on any atom is 0.291 e. The molecule has 0 fully saturated rings. The van der Waals surface area contributed by atoms with Gasteiger partial charge in [-0.15, -0.1) is 10.1 Å². The molecule has 0 atom stereocenters. The van der Waals surface area contributed by atoms with E-state index in [1.54, 1.807) is 0 Å². The molecular weight excluding hydrogens is 242 g/mol. The van der Waals surface area contributed by atoms with Crippen molar-refractivity contribution in [2.45, 2.75) is 6.61 Å². The molecule has 0 aliphatic heterocycles. The van der Waals surface area contributed by atoms with Gasteiger partial charge in [0.05, 0.1) is 6.61 Å². The lowest BCUT2D eigenvalue weighted by atomic mass is 10.2. The van der Waals surface area contributed by atoms with Crippen LogP contribution in [0.1, 0.15) is 5.56 Å². The molecule has 6 heteroatoms. The highest BCUT2D eigenvalue weighted by Crippen LogP contribution is 2.09. The summed E-state index contributed by atoms with van der Waals surface area (Å²) in [5.74, 6) is 0. The Kier molecular flexibility index (Phi) is 5.82. The highest BCUT2D eigenvalue weighted by atomic mass is 79.9. The first-order valence-corrected chi connectivity index (χ1v) is 4.04. The van der Waals surface area contributed by atoms with Gasteiger partial charge in [-0.25, -0.2) is 0 Å². The van der Waals surface area contributed by atoms with Crippen LogP contribution in [0.15, 0.2) is 28.7 Å². The van der Waals surface area contributed by atoms with Gasteiger partial charge in [-0.2, -0.15) is 0 Å². The molecule has 5 nitrogen and oxygen atoms in total. The molecule has 13 heavy (non-hydrogen) atoms. The Labute approximate surface area is 82.9 Å². The highest BCUT2D eigenvalue weighted by Gasteiger charge is 1.86. The maximum absolute atomic E-state index is 8.61. The van der Waals surface area contributed by atoms with E-state index in [0.717, 1.165) is 10.0 Å². The molecule has 72 valence electrons.